The number of hydrogen-bond donors (Lipinski definition) is 1. The summed E-state index contributed by atoms with van der Waals surface area (Å²) in [6.45, 7) is 7.62. The Hall–Kier alpha value is -1.98. The Morgan fingerprint density at radius 1 is 1.13 bits per heavy atom. The van der Waals surface area contributed by atoms with Crippen molar-refractivity contribution in [2.75, 3.05) is 5.32 Å². The highest BCUT2D eigenvalue weighted by Crippen LogP contribution is 2.32. The van der Waals surface area contributed by atoms with Crippen molar-refractivity contribution in [1.29, 1.82) is 0 Å². The first-order chi connectivity index (χ1) is 10.9. The van der Waals surface area contributed by atoms with E-state index in [1.165, 1.54) is 11.3 Å². The van der Waals surface area contributed by atoms with E-state index in [0.29, 0.717) is 15.7 Å². The average Bonchev–Trinajstić information content (AvgIpc) is 2.81. The van der Waals surface area contributed by atoms with Gasteiger partial charge in [-0.15, -0.1) is 11.3 Å². The van der Waals surface area contributed by atoms with E-state index in [1.807, 2.05) is 39.8 Å². The molecule has 0 spiro atoms. The van der Waals surface area contributed by atoms with E-state index in [4.69, 9.17) is 11.6 Å². The molecule has 4 nitrogen and oxygen atoms in total. The Morgan fingerprint density at radius 2 is 1.87 bits per heavy atom. The van der Waals surface area contributed by atoms with Crippen LogP contribution in [0.15, 0.2) is 18.2 Å². The summed E-state index contributed by atoms with van der Waals surface area (Å²) >= 11 is 7.50. The van der Waals surface area contributed by atoms with Crippen molar-refractivity contribution < 1.29 is 4.79 Å². The highest BCUT2D eigenvalue weighted by Gasteiger charge is 2.19. The summed E-state index contributed by atoms with van der Waals surface area (Å²) in [7, 11) is 0. The molecule has 0 unspecified atom stereocenters. The fourth-order valence-corrected chi connectivity index (χ4v) is 3.96. The number of fused-ring (bicyclic) bond motifs is 1. The van der Waals surface area contributed by atoms with Crippen LogP contribution in [0.3, 0.4) is 0 Å². The Bertz CT molecular complexity index is 933. The van der Waals surface area contributed by atoms with Gasteiger partial charge in [0.1, 0.15) is 10.7 Å². The molecular formula is C17H16ClN3OS. The third kappa shape index (κ3) is 2.82. The third-order valence-electron chi connectivity index (χ3n) is 3.80. The van der Waals surface area contributed by atoms with Crippen molar-refractivity contribution in [2.24, 2.45) is 0 Å². The quantitative estimate of drug-likeness (QED) is 0.723. The molecule has 0 aliphatic heterocycles. The number of nitrogens with one attached hydrogen (secondary N) is 1. The second kappa shape index (κ2) is 5.91. The van der Waals surface area contributed by atoms with Crippen LogP contribution in [-0.2, 0) is 0 Å². The van der Waals surface area contributed by atoms with Crippen LogP contribution in [-0.4, -0.2) is 15.9 Å². The van der Waals surface area contributed by atoms with Crippen LogP contribution in [0, 0.1) is 27.7 Å². The zero-order valence-corrected chi connectivity index (χ0v) is 14.9. The molecule has 0 saturated heterocycles. The van der Waals surface area contributed by atoms with Crippen LogP contribution in [0.5, 0.6) is 0 Å². The largest absolute Gasteiger partial charge is 0.321 e. The third-order valence-corrected chi connectivity index (χ3v) is 5.40. The maximum atomic E-state index is 12.7. The van der Waals surface area contributed by atoms with Crippen molar-refractivity contribution >= 4 is 44.7 Å². The fourth-order valence-electron chi connectivity index (χ4n) is 2.61. The van der Waals surface area contributed by atoms with Crippen LogP contribution in [0.4, 0.5) is 5.69 Å². The highest BCUT2D eigenvalue weighted by atomic mass is 35.5. The molecule has 0 bridgehead atoms. The zero-order valence-electron chi connectivity index (χ0n) is 13.3. The molecule has 23 heavy (non-hydrogen) atoms. The molecule has 1 N–H and O–H groups in total. The Kier molecular flexibility index (Phi) is 4.08. The van der Waals surface area contributed by atoms with E-state index in [1.54, 1.807) is 6.07 Å². The first-order valence-electron chi connectivity index (χ1n) is 7.19. The molecule has 0 saturated carbocycles. The Morgan fingerprint density at radius 3 is 2.61 bits per heavy atom. The minimum atomic E-state index is -0.145. The zero-order chi connectivity index (χ0) is 16.7. The molecule has 0 aliphatic rings. The lowest BCUT2D eigenvalue weighted by atomic mass is 10.1. The molecular weight excluding hydrogens is 330 g/mol. The number of aromatic nitrogens is 2. The summed E-state index contributed by atoms with van der Waals surface area (Å²) in [5.41, 5.74) is 3.39. The molecule has 3 rings (SSSR count). The first-order valence-corrected chi connectivity index (χ1v) is 8.38. The van der Waals surface area contributed by atoms with Crippen LogP contribution < -0.4 is 5.32 Å². The van der Waals surface area contributed by atoms with Crippen molar-refractivity contribution in [2.45, 2.75) is 27.7 Å². The Balaban J connectivity index is 2.03. The minimum Gasteiger partial charge on any atom is -0.321 e. The number of amides is 1. The molecule has 0 atom stereocenters. The molecule has 1 aromatic carbocycles. The summed E-state index contributed by atoms with van der Waals surface area (Å²) < 4.78 is 0. The van der Waals surface area contributed by atoms with Crippen LogP contribution >= 0.6 is 22.9 Å². The number of rotatable bonds is 2. The molecule has 118 valence electrons. The van der Waals surface area contributed by atoms with E-state index in [-0.39, 0.29) is 5.91 Å². The lowest BCUT2D eigenvalue weighted by Crippen LogP contribution is -2.12. The second-order valence-corrected chi connectivity index (χ2v) is 6.87. The number of aryl methyl sites for hydroxylation is 3. The van der Waals surface area contributed by atoms with Gasteiger partial charge in [0, 0.05) is 21.8 Å². The molecule has 0 fully saturated rings. The molecule has 3 aromatic rings. The van der Waals surface area contributed by atoms with E-state index < -0.39 is 0 Å². The topological polar surface area (TPSA) is 54.9 Å². The number of nitrogens with zero attached hydrogens (tertiary/aromatic N) is 2. The molecule has 6 heteroatoms. The lowest BCUT2D eigenvalue weighted by Gasteiger charge is -2.09. The van der Waals surface area contributed by atoms with Gasteiger partial charge in [-0.3, -0.25) is 4.79 Å². The lowest BCUT2D eigenvalue weighted by molar-refractivity contribution is 0.103. The van der Waals surface area contributed by atoms with Crippen LogP contribution in [0.2, 0.25) is 5.02 Å². The number of thiophene rings is 1. The van der Waals surface area contributed by atoms with Gasteiger partial charge in [-0.2, -0.15) is 0 Å². The van der Waals surface area contributed by atoms with Gasteiger partial charge in [0.15, 0.2) is 0 Å². The first kappa shape index (κ1) is 15.9. The van der Waals surface area contributed by atoms with Gasteiger partial charge in [0.05, 0.1) is 4.88 Å². The van der Waals surface area contributed by atoms with Gasteiger partial charge < -0.3 is 5.32 Å². The highest BCUT2D eigenvalue weighted by molar-refractivity contribution is 7.20. The van der Waals surface area contributed by atoms with Crippen molar-refractivity contribution in [3.63, 3.8) is 0 Å². The number of halogens is 1. The van der Waals surface area contributed by atoms with Gasteiger partial charge in [-0.05, 0) is 51.0 Å². The van der Waals surface area contributed by atoms with E-state index in [9.17, 15) is 4.79 Å². The van der Waals surface area contributed by atoms with Gasteiger partial charge in [-0.1, -0.05) is 17.7 Å². The van der Waals surface area contributed by atoms with Gasteiger partial charge in [-0.25, -0.2) is 9.97 Å². The smallest absolute Gasteiger partial charge is 0.266 e. The normalized spacial score (nSPS) is 11.0. The SMILES string of the molecule is Cc1nc(C)c2c(C)c(C(=O)Nc3cccc(Cl)c3C)sc2n1. The fraction of sp³-hybridized carbons (Fsp3) is 0.235. The van der Waals surface area contributed by atoms with Crippen molar-refractivity contribution in [3.05, 3.63) is 50.7 Å². The second-order valence-electron chi connectivity index (χ2n) is 5.46. The van der Waals surface area contributed by atoms with E-state index >= 15 is 0 Å². The predicted octanol–water partition coefficient (Wildman–Crippen LogP) is 4.83. The Labute approximate surface area is 143 Å². The number of carbonyl (C=O) groups is 1. The van der Waals surface area contributed by atoms with Gasteiger partial charge in [0.25, 0.3) is 5.91 Å². The predicted molar refractivity (Wildman–Crippen MR) is 95.8 cm³/mol. The summed E-state index contributed by atoms with van der Waals surface area (Å²) in [4.78, 5) is 23.0. The van der Waals surface area contributed by atoms with E-state index in [2.05, 4.69) is 15.3 Å². The maximum absolute atomic E-state index is 12.7. The standard InChI is InChI=1S/C17H16ClN3OS/c1-8-12(18)6-5-7-13(8)21-16(22)15-9(2)14-10(3)19-11(4)20-17(14)23-15/h5-7H,1-4H3,(H,21,22). The minimum absolute atomic E-state index is 0.145. The molecule has 2 aromatic heterocycles. The average molecular weight is 346 g/mol. The van der Waals surface area contributed by atoms with Crippen molar-refractivity contribution in [1.82, 2.24) is 9.97 Å². The van der Waals surface area contributed by atoms with Gasteiger partial charge in [0.2, 0.25) is 0 Å². The number of hydrogen-bond acceptors (Lipinski definition) is 4. The van der Waals surface area contributed by atoms with Crippen molar-refractivity contribution in [3.8, 4) is 0 Å². The maximum Gasteiger partial charge on any atom is 0.266 e. The summed E-state index contributed by atoms with van der Waals surface area (Å²) in [5, 5.41) is 4.54. The van der Waals surface area contributed by atoms with Gasteiger partial charge >= 0.3 is 0 Å². The number of carbonyl (C=O) groups excluding carboxylic acids is 1. The summed E-state index contributed by atoms with van der Waals surface area (Å²) in [6.07, 6.45) is 0. The number of benzene rings is 1. The number of anilines is 1. The molecule has 0 radical (unpaired) electrons. The molecule has 2 heterocycles. The molecule has 1 amide bonds. The summed E-state index contributed by atoms with van der Waals surface area (Å²) in [5.74, 6) is 0.571. The monoisotopic (exact) mass is 345 g/mol. The van der Waals surface area contributed by atoms with Crippen LogP contribution in [0.1, 0.15) is 32.3 Å². The van der Waals surface area contributed by atoms with E-state index in [0.717, 1.165) is 32.7 Å². The molecule has 0 aliphatic carbocycles. The summed E-state index contributed by atoms with van der Waals surface area (Å²) in [6, 6.07) is 5.47. The van der Waals surface area contributed by atoms with Crippen LogP contribution in [0.25, 0.3) is 10.2 Å².